The molecule has 0 aliphatic heterocycles. The van der Waals surface area contributed by atoms with E-state index in [1.807, 2.05) is 20.8 Å². The molecule has 0 radical (unpaired) electrons. The summed E-state index contributed by atoms with van der Waals surface area (Å²) in [5, 5.41) is 11.1. The van der Waals surface area contributed by atoms with Crippen molar-refractivity contribution in [2.75, 3.05) is 6.61 Å². The molecule has 2 saturated carbocycles. The fourth-order valence-electron chi connectivity index (χ4n) is 4.95. The summed E-state index contributed by atoms with van der Waals surface area (Å²) in [4.78, 5) is 12.8. The fourth-order valence-corrected chi connectivity index (χ4v) is 4.95. The smallest absolute Gasteiger partial charge is 0.338 e. The molecule has 0 heterocycles. The summed E-state index contributed by atoms with van der Waals surface area (Å²) in [5.74, 6) is 2.06. The van der Waals surface area contributed by atoms with Gasteiger partial charge in [0.25, 0.3) is 0 Å². The predicted molar refractivity (Wildman–Crippen MR) is 102 cm³/mol. The Bertz CT molecular complexity index is 445. The first kappa shape index (κ1) is 20.7. The minimum atomic E-state index is -1.44. The van der Waals surface area contributed by atoms with Crippen LogP contribution in [0.1, 0.15) is 92.9 Å². The highest BCUT2D eigenvalue weighted by molar-refractivity contribution is 5.80. The van der Waals surface area contributed by atoms with E-state index in [4.69, 9.17) is 4.74 Å². The van der Waals surface area contributed by atoms with Crippen molar-refractivity contribution in [3.8, 4) is 0 Å². The van der Waals surface area contributed by atoms with E-state index in [0.717, 1.165) is 18.3 Å². The normalized spacial score (nSPS) is 29.8. The first-order valence-corrected chi connectivity index (χ1v) is 10.3. The van der Waals surface area contributed by atoms with Gasteiger partial charge in [0, 0.05) is 5.41 Å². The average molecular weight is 353 g/mol. The molecule has 2 rings (SSSR count). The Morgan fingerprint density at radius 2 is 1.56 bits per heavy atom. The molecule has 0 amide bonds. The van der Waals surface area contributed by atoms with Crippen molar-refractivity contribution < 1.29 is 14.6 Å². The molecule has 0 aromatic carbocycles. The topological polar surface area (TPSA) is 46.5 Å². The van der Waals surface area contributed by atoms with Gasteiger partial charge in [-0.3, -0.25) is 0 Å². The second kappa shape index (κ2) is 7.58. The molecule has 3 heteroatoms. The zero-order valence-corrected chi connectivity index (χ0v) is 17.4. The summed E-state index contributed by atoms with van der Waals surface area (Å²) in [6, 6.07) is 0. The van der Waals surface area contributed by atoms with Crippen LogP contribution in [0.5, 0.6) is 0 Å². The summed E-state index contributed by atoms with van der Waals surface area (Å²) >= 11 is 0. The Morgan fingerprint density at radius 3 is 2.04 bits per heavy atom. The van der Waals surface area contributed by atoms with Gasteiger partial charge < -0.3 is 9.84 Å². The molecule has 2 aliphatic rings. The molecule has 2 aliphatic carbocycles. The lowest BCUT2D eigenvalue weighted by Crippen LogP contribution is -2.53. The first-order valence-electron chi connectivity index (χ1n) is 10.3. The van der Waals surface area contributed by atoms with Crippen LogP contribution in [0, 0.1) is 28.6 Å². The van der Waals surface area contributed by atoms with E-state index >= 15 is 0 Å². The molecule has 25 heavy (non-hydrogen) atoms. The Hall–Kier alpha value is -0.570. The van der Waals surface area contributed by atoms with Gasteiger partial charge in [-0.1, -0.05) is 60.8 Å². The van der Waals surface area contributed by atoms with Crippen LogP contribution in [0.2, 0.25) is 0 Å². The number of hydrogen-bond acceptors (Lipinski definition) is 3. The highest BCUT2D eigenvalue weighted by Crippen LogP contribution is 2.44. The summed E-state index contributed by atoms with van der Waals surface area (Å²) in [6.07, 6.45) is 9.59. The maximum absolute atomic E-state index is 12.8. The zero-order chi connectivity index (χ0) is 18.9. The van der Waals surface area contributed by atoms with Crippen molar-refractivity contribution in [1.82, 2.24) is 0 Å². The number of fused-ring (bicyclic) bond motifs is 2. The highest BCUT2D eigenvalue weighted by Gasteiger charge is 2.50. The van der Waals surface area contributed by atoms with Crippen LogP contribution in [0.4, 0.5) is 0 Å². The zero-order valence-electron chi connectivity index (χ0n) is 17.4. The van der Waals surface area contributed by atoms with E-state index in [0.29, 0.717) is 18.9 Å². The molecule has 0 aromatic heterocycles. The van der Waals surface area contributed by atoms with Gasteiger partial charge >= 0.3 is 5.97 Å². The Kier molecular flexibility index (Phi) is 6.29. The monoisotopic (exact) mass is 352 g/mol. The first-order chi connectivity index (χ1) is 11.4. The minimum Gasteiger partial charge on any atom is -0.464 e. The van der Waals surface area contributed by atoms with Gasteiger partial charge in [0.2, 0.25) is 0 Å². The number of ether oxygens (including phenoxy) is 1. The van der Waals surface area contributed by atoms with E-state index in [2.05, 4.69) is 20.8 Å². The molecule has 2 fully saturated rings. The van der Waals surface area contributed by atoms with Gasteiger partial charge in [-0.05, 0) is 55.3 Å². The van der Waals surface area contributed by atoms with E-state index in [9.17, 15) is 9.90 Å². The van der Waals surface area contributed by atoms with Crippen molar-refractivity contribution in [2.45, 2.75) is 98.5 Å². The van der Waals surface area contributed by atoms with Crippen LogP contribution in [0.15, 0.2) is 0 Å². The highest BCUT2D eigenvalue weighted by atomic mass is 16.5. The molecule has 1 N–H and O–H groups in total. The summed E-state index contributed by atoms with van der Waals surface area (Å²) in [5.41, 5.74) is -2.12. The second-order valence-electron chi connectivity index (χ2n) is 11.0. The molecular formula is C22H40O3. The van der Waals surface area contributed by atoms with Crippen LogP contribution in [-0.4, -0.2) is 23.3 Å². The number of rotatable bonds is 5. The van der Waals surface area contributed by atoms with Gasteiger partial charge in [0.05, 0.1) is 6.61 Å². The number of carbonyl (C=O) groups is 1. The van der Waals surface area contributed by atoms with E-state index in [-0.39, 0.29) is 5.41 Å². The molecule has 0 saturated heterocycles. The van der Waals surface area contributed by atoms with Crippen molar-refractivity contribution >= 4 is 5.97 Å². The van der Waals surface area contributed by atoms with Crippen LogP contribution in [-0.2, 0) is 9.53 Å². The third-order valence-corrected chi connectivity index (χ3v) is 6.35. The third kappa shape index (κ3) is 5.45. The molecule has 2 bridgehead atoms. The lowest BCUT2D eigenvalue weighted by atomic mass is 9.67. The molecule has 0 spiro atoms. The largest absolute Gasteiger partial charge is 0.464 e. The molecule has 3 unspecified atom stereocenters. The summed E-state index contributed by atoms with van der Waals surface area (Å²) < 4.78 is 5.62. The minimum absolute atomic E-state index is 0.137. The molecule has 0 aromatic rings. The number of esters is 1. The summed E-state index contributed by atoms with van der Waals surface area (Å²) in [6.45, 7) is 12.4. The van der Waals surface area contributed by atoms with Crippen molar-refractivity contribution in [3.05, 3.63) is 0 Å². The lowest BCUT2D eigenvalue weighted by molar-refractivity contribution is -0.184. The van der Waals surface area contributed by atoms with Gasteiger partial charge in [-0.2, -0.15) is 0 Å². The van der Waals surface area contributed by atoms with Crippen LogP contribution in [0.3, 0.4) is 0 Å². The van der Waals surface area contributed by atoms with E-state index in [1.165, 1.54) is 38.5 Å². The van der Waals surface area contributed by atoms with Crippen molar-refractivity contribution in [2.24, 2.45) is 28.6 Å². The van der Waals surface area contributed by atoms with Gasteiger partial charge in [-0.25, -0.2) is 4.79 Å². The summed E-state index contributed by atoms with van der Waals surface area (Å²) in [7, 11) is 0. The maximum Gasteiger partial charge on any atom is 0.338 e. The van der Waals surface area contributed by atoms with E-state index in [1.54, 1.807) is 0 Å². The number of carbonyl (C=O) groups excluding carboxylic acids is 1. The predicted octanol–water partition coefficient (Wildman–Crippen LogP) is 5.35. The Balaban J connectivity index is 1.88. The second-order valence-corrected chi connectivity index (χ2v) is 11.0. The Labute approximate surface area is 154 Å². The molecule has 3 atom stereocenters. The maximum atomic E-state index is 12.8. The lowest BCUT2D eigenvalue weighted by Gasteiger charge is -2.42. The molecular weight excluding hydrogens is 312 g/mol. The molecule has 3 nitrogen and oxygen atoms in total. The number of aliphatic hydroxyl groups is 1. The van der Waals surface area contributed by atoms with Crippen LogP contribution < -0.4 is 0 Å². The SMILES string of the molecule is CC(C)(C)CC(O)(C(=O)OCCC1CC2CCCC(C2)C1)C(C)(C)C. The number of hydrogen-bond donors (Lipinski definition) is 1. The van der Waals surface area contributed by atoms with Crippen LogP contribution in [0.25, 0.3) is 0 Å². The van der Waals surface area contributed by atoms with Crippen molar-refractivity contribution in [3.63, 3.8) is 0 Å². The quantitative estimate of drug-likeness (QED) is 0.678. The average Bonchev–Trinajstić information content (AvgIpc) is 2.43. The standard InChI is InChI=1S/C22H40O3/c1-20(2,3)15-22(24,21(4,5)6)19(23)25-11-10-18-13-16-8-7-9-17(12-16)14-18/h16-18,24H,7-15H2,1-6H3. The Morgan fingerprint density at radius 1 is 1.00 bits per heavy atom. The molecule has 146 valence electrons. The van der Waals surface area contributed by atoms with Gasteiger partial charge in [-0.15, -0.1) is 0 Å². The van der Waals surface area contributed by atoms with Crippen molar-refractivity contribution in [1.29, 1.82) is 0 Å². The van der Waals surface area contributed by atoms with Crippen LogP contribution >= 0.6 is 0 Å². The van der Waals surface area contributed by atoms with Gasteiger partial charge in [0.1, 0.15) is 0 Å². The third-order valence-electron chi connectivity index (χ3n) is 6.35. The van der Waals surface area contributed by atoms with Gasteiger partial charge in [0.15, 0.2) is 5.60 Å². The fraction of sp³-hybridized carbons (Fsp3) is 0.955. The van der Waals surface area contributed by atoms with E-state index < -0.39 is 17.0 Å².